The molecule has 1 saturated heterocycles. The number of H-pyrrole nitrogens is 1. The number of nitrogens with zero attached hydrogens (tertiary/aromatic N) is 4. The number of hydrogen-bond donors (Lipinski definition) is 2. The van der Waals surface area contributed by atoms with Gasteiger partial charge in [0.2, 0.25) is 0 Å². The first-order valence-corrected chi connectivity index (χ1v) is 9.73. The van der Waals surface area contributed by atoms with E-state index in [9.17, 15) is 4.79 Å². The Hall–Kier alpha value is -3.09. The molecular weight excluding hydrogens is 352 g/mol. The molecule has 1 aromatic carbocycles. The van der Waals surface area contributed by atoms with Crippen LogP contribution in [0, 0.1) is 0 Å². The number of aromatic amines is 1. The summed E-state index contributed by atoms with van der Waals surface area (Å²) in [6, 6.07) is 10.2. The van der Waals surface area contributed by atoms with Crippen molar-refractivity contribution < 1.29 is 4.79 Å². The fourth-order valence-corrected chi connectivity index (χ4v) is 3.73. The highest BCUT2D eigenvalue weighted by Crippen LogP contribution is 2.22. The molecule has 0 radical (unpaired) electrons. The molecule has 2 aromatic heterocycles. The lowest BCUT2D eigenvalue weighted by Crippen LogP contribution is -2.32. The summed E-state index contributed by atoms with van der Waals surface area (Å²) in [7, 11) is 3.96. The molecule has 0 bridgehead atoms. The molecule has 146 valence electrons. The van der Waals surface area contributed by atoms with E-state index in [1.165, 1.54) is 0 Å². The van der Waals surface area contributed by atoms with Crippen molar-refractivity contribution in [1.82, 2.24) is 20.1 Å². The Bertz CT molecular complexity index is 949. The minimum atomic E-state index is 0.0764. The zero-order valence-electron chi connectivity index (χ0n) is 16.4. The van der Waals surface area contributed by atoms with Crippen molar-refractivity contribution in [1.29, 1.82) is 0 Å². The van der Waals surface area contributed by atoms with Crippen molar-refractivity contribution in [2.45, 2.75) is 25.3 Å². The Morgan fingerprint density at radius 1 is 1.18 bits per heavy atom. The lowest BCUT2D eigenvalue weighted by molar-refractivity contribution is 0.0763. The molecule has 1 aliphatic heterocycles. The summed E-state index contributed by atoms with van der Waals surface area (Å²) in [6.45, 7) is 1.52. The first-order chi connectivity index (χ1) is 13.6. The first kappa shape index (κ1) is 18.3. The van der Waals surface area contributed by atoms with Crippen molar-refractivity contribution in [2.24, 2.45) is 0 Å². The van der Waals surface area contributed by atoms with E-state index in [2.05, 4.69) is 26.6 Å². The van der Waals surface area contributed by atoms with Crippen LogP contribution in [0.15, 0.2) is 42.7 Å². The average Bonchev–Trinajstić information content (AvgIpc) is 3.07. The normalized spacial score (nSPS) is 17.4. The van der Waals surface area contributed by atoms with Gasteiger partial charge in [0.05, 0.1) is 29.2 Å². The third kappa shape index (κ3) is 3.78. The van der Waals surface area contributed by atoms with Gasteiger partial charge in [0.15, 0.2) is 0 Å². The van der Waals surface area contributed by atoms with Crippen LogP contribution in [0.5, 0.6) is 0 Å². The van der Waals surface area contributed by atoms with Crippen LogP contribution in [0.1, 0.15) is 29.6 Å². The zero-order valence-corrected chi connectivity index (χ0v) is 16.4. The smallest absolute Gasteiger partial charge is 0.256 e. The molecular formula is C21H26N6O. The lowest BCUT2D eigenvalue weighted by atomic mass is 10.1. The van der Waals surface area contributed by atoms with E-state index in [0.717, 1.165) is 54.8 Å². The number of anilines is 2. The van der Waals surface area contributed by atoms with Gasteiger partial charge in [-0.2, -0.15) is 5.10 Å². The van der Waals surface area contributed by atoms with Crippen LogP contribution in [-0.2, 0) is 0 Å². The molecule has 1 aliphatic rings. The number of hydrogen-bond acceptors (Lipinski definition) is 5. The second-order valence-electron chi connectivity index (χ2n) is 7.50. The van der Waals surface area contributed by atoms with Gasteiger partial charge in [0.1, 0.15) is 5.82 Å². The SMILES string of the molecule is CN(C)c1ccc(N[C@@H]2CCCN(C(=O)c3cccc4cn[nH]c34)CC2)cn1. The molecule has 0 saturated carbocycles. The lowest BCUT2D eigenvalue weighted by Gasteiger charge is -2.21. The van der Waals surface area contributed by atoms with Gasteiger partial charge in [-0.25, -0.2) is 4.98 Å². The third-order valence-electron chi connectivity index (χ3n) is 5.30. The summed E-state index contributed by atoms with van der Waals surface area (Å²) < 4.78 is 0. The number of likely N-dealkylation sites (tertiary alicyclic amines) is 1. The maximum Gasteiger partial charge on any atom is 0.256 e. The predicted molar refractivity (Wildman–Crippen MR) is 112 cm³/mol. The van der Waals surface area contributed by atoms with Crippen LogP contribution in [0.4, 0.5) is 11.5 Å². The Kier molecular flexibility index (Phi) is 5.14. The molecule has 1 amide bonds. The summed E-state index contributed by atoms with van der Waals surface area (Å²) in [4.78, 5) is 21.5. The van der Waals surface area contributed by atoms with Gasteiger partial charge in [0.25, 0.3) is 5.91 Å². The average molecular weight is 378 g/mol. The number of nitrogens with one attached hydrogen (secondary N) is 2. The molecule has 2 N–H and O–H groups in total. The highest BCUT2D eigenvalue weighted by Gasteiger charge is 2.23. The molecule has 0 aliphatic carbocycles. The van der Waals surface area contributed by atoms with Crippen LogP contribution >= 0.6 is 0 Å². The van der Waals surface area contributed by atoms with Crippen molar-refractivity contribution in [2.75, 3.05) is 37.4 Å². The van der Waals surface area contributed by atoms with E-state index >= 15 is 0 Å². The summed E-state index contributed by atoms with van der Waals surface area (Å²) in [5.74, 6) is 1.02. The van der Waals surface area contributed by atoms with Crippen LogP contribution in [0.25, 0.3) is 10.9 Å². The van der Waals surface area contributed by atoms with E-state index in [-0.39, 0.29) is 5.91 Å². The summed E-state index contributed by atoms with van der Waals surface area (Å²) in [5, 5.41) is 11.6. The highest BCUT2D eigenvalue weighted by atomic mass is 16.2. The molecule has 3 heterocycles. The van der Waals surface area contributed by atoms with Crippen LogP contribution in [0.2, 0.25) is 0 Å². The Balaban J connectivity index is 1.41. The number of benzene rings is 1. The Morgan fingerprint density at radius 3 is 2.86 bits per heavy atom. The molecule has 7 nitrogen and oxygen atoms in total. The largest absolute Gasteiger partial charge is 0.381 e. The van der Waals surface area contributed by atoms with E-state index in [4.69, 9.17) is 0 Å². The van der Waals surface area contributed by atoms with Gasteiger partial charge in [-0.1, -0.05) is 12.1 Å². The van der Waals surface area contributed by atoms with E-state index in [0.29, 0.717) is 11.6 Å². The van der Waals surface area contributed by atoms with Crippen LogP contribution in [-0.4, -0.2) is 59.2 Å². The fourth-order valence-electron chi connectivity index (χ4n) is 3.73. The van der Waals surface area contributed by atoms with Crippen LogP contribution in [0.3, 0.4) is 0 Å². The molecule has 0 unspecified atom stereocenters. The number of fused-ring (bicyclic) bond motifs is 1. The van der Waals surface area contributed by atoms with Crippen molar-refractivity contribution in [3.63, 3.8) is 0 Å². The fraction of sp³-hybridized carbons (Fsp3) is 0.381. The quantitative estimate of drug-likeness (QED) is 0.729. The maximum absolute atomic E-state index is 13.1. The number of amides is 1. The van der Waals surface area contributed by atoms with Gasteiger partial charge < -0.3 is 15.1 Å². The second-order valence-corrected chi connectivity index (χ2v) is 7.50. The van der Waals surface area contributed by atoms with Crippen molar-refractivity contribution in [3.05, 3.63) is 48.3 Å². The maximum atomic E-state index is 13.1. The predicted octanol–water partition coefficient (Wildman–Crippen LogP) is 3.13. The molecule has 28 heavy (non-hydrogen) atoms. The number of pyridine rings is 1. The van der Waals surface area contributed by atoms with Crippen molar-refractivity contribution in [3.8, 4) is 0 Å². The van der Waals surface area contributed by atoms with Gasteiger partial charge >= 0.3 is 0 Å². The molecule has 1 atom stereocenters. The minimum Gasteiger partial charge on any atom is -0.381 e. The zero-order chi connectivity index (χ0) is 19.5. The van der Waals surface area contributed by atoms with E-state index in [1.807, 2.05) is 54.4 Å². The van der Waals surface area contributed by atoms with E-state index < -0.39 is 0 Å². The van der Waals surface area contributed by atoms with Gasteiger partial charge in [-0.3, -0.25) is 9.89 Å². The van der Waals surface area contributed by atoms with Gasteiger partial charge in [0, 0.05) is 38.6 Å². The number of para-hydroxylation sites is 1. The summed E-state index contributed by atoms with van der Waals surface area (Å²) in [5.41, 5.74) is 2.54. The molecule has 3 aromatic rings. The van der Waals surface area contributed by atoms with Crippen molar-refractivity contribution >= 4 is 28.3 Å². The number of carbonyl (C=O) groups excluding carboxylic acids is 1. The summed E-state index contributed by atoms with van der Waals surface area (Å²) >= 11 is 0. The first-order valence-electron chi connectivity index (χ1n) is 9.73. The standard InChI is InChI=1S/C21H26N6O/c1-26(2)19-9-8-17(14-22-19)24-16-6-4-11-27(12-10-16)21(28)18-7-3-5-15-13-23-25-20(15)18/h3,5,7-9,13-14,16,24H,4,6,10-12H2,1-2H3,(H,23,25)/t16-/m1/s1. The molecule has 7 heteroatoms. The third-order valence-corrected chi connectivity index (χ3v) is 5.30. The topological polar surface area (TPSA) is 77.1 Å². The Labute approximate surface area is 164 Å². The highest BCUT2D eigenvalue weighted by molar-refractivity contribution is 6.05. The van der Waals surface area contributed by atoms with Gasteiger partial charge in [-0.05, 0) is 37.5 Å². The monoisotopic (exact) mass is 378 g/mol. The molecule has 1 fully saturated rings. The number of rotatable bonds is 4. The Morgan fingerprint density at radius 2 is 2.07 bits per heavy atom. The summed E-state index contributed by atoms with van der Waals surface area (Å²) in [6.07, 6.45) is 6.56. The van der Waals surface area contributed by atoms with Gasteiger partial charge in [-0.15, -0.1) is 0 Å². The van der Waals surface area contributed by atoms with Crippen LogP contribution < -0.4 is 10.2 Å². The van der Waals surface area contributed by atoms with E-state index in [1.54, 1.807) is 6.20 Å². The molecule has 0 spiro atoms. The number of carbonyl (C=O) groups is 1. The molecule has 4 rings (SSSR count). The minimum absolute atomic E-state index is 0.0764. The number of aromatic nitrogens is 3. The second kappa shape index (κ2) is 7.88.